The molecule has 0 spiro atoms. The summed E-state index contributed by atoms with van der Waals surface area (Å²) in [4.78, 5) is 29.7. The molecule has 0 radical (unpaired) electrons. The van der Waals surface area contributed by atoms with Gasteiger partial charge in [-0.05, 0) is 68.7 Å². The smallest absolute Gasteiger partial charge is 0.270 e. The first-order valence-corrected chi connectivity index (χ1v) is 10.7. The van der Waals surface area contributed by atoms with Gasteiger partial charge in [-0.25, -0.2) is 0 Å². The molecule has 4 rings (SSSR count). The molecule has 31 heavy (non-hydrogen) atoms. The van der Waals surface area contributed by atoms with Crippen LogP contribution in [0.3, 0.4) is 0 Å². The lowest BCUT2D eigenvalue weighted by Gasteiger charge is -2.30. The molecule has 7 heteroatoms. The van der Waals surface area contributed by atoms with Gasteiger partial charge in [0.15, 0.2) is 5.11 Å². The van der Waals surface area contributed by atoms with E-state index in [1.54, 1.807) is 13.2 Å². The predicted octanol–water partition coefficient (Wildman–Crippen LogP) is 3.74. The fourth-order valence-electron chi connectivity index (χ4n) is 4.08. The molecule has 2 saturated heterocycles. The number of anilines is 2. The van der Waals surface area contributed by atoms with Crippen LogP contribution >= 0.6 is 12.2 Å². The van der Waals surface area contributed by atoms with Crippen molar-refractivity contribution >= 4 is 46.6 Å². The molecule has 0 aromatic heterocycles. The number of hydrogen-bond acceptors (Lipinski definition) is 5. The quantitative estimate of drug-likeness (QED) is 0.450. The molecule has 1 N–H and O–H groups in total. The number of hydrogen-bond donors (Lipinski definition) is 1. The second-order valence-corrected chi connectivity index (χ2v) is 8.25. The molecule has 0 aliphatic carbocycles. The van der Waals surface area contributed by atoms with Crippen LogP contribution in [-0.4, -0.2) is 37.1 Å². The van der Waals surface area contributed by atoms with Gasteiger partial charge in [-0.3, -0.25) is 19.8 Å². The third-order valence-corrected chi connectivity index (χ3v) is 5.97. The minimum absolute atomic E-state index is 0.0146. The molecule has 0 saturated carbocycles. The van der Waals surface area contributed by atoms with Crippen molar-refractivity contribution in [1.29, 1.82) is 0 Å². The van der Waals surface area contributed by atoms with E-state index in [-0.39, 0.29) is 10.7 Å². The molecule has 2 aromatic rings. The van der Waals surface area contributed by atoms with Gasteiger partial charge in [0, 0.05) is 30.4 Å². The number of rotatable bonds is 4. The average molecular weight is 436 g/mol. The number of ether oxygens (including phenoxy) is 1. The maximum atomic E-state index is 13.3. The maximum Gasteiger partial charge on any atom is 0.270 e. The Hall–Kier alpha value is -3.19. The average Bonchev–Trinajstić information content (AvgIpc) is 3.27. The Kier molecular flexibility index (Phi) is 5.78. The normalized spacial score (nSPS) is 18.0. The molecule has 2 heterocycles. The number of carbonyl (C=O) groups excluding carboxylic acids is 2. The third-order valence-electron chi connectivity index (χ3n) is 5.68. The highest BCUT2D eigenvalue weighted by Gasteiger charge is 2.35. The van der Waals surface area contributed by atoms with Crippen molar-refractivity contribution in [3.05, 3.63) is 58.7 Å². The number of carbonyl (C=O) groups is 2. The summed E-state index contributed by atoms with van der Waals surface area (Å²) in [7, 11) is 1.59. The molecule has 2 aliphatic rings. The summed E-state index contributed by atoms with van der Waals surface area (Å²) in [6.07, 6.45) is 3.93. The van der Waals surface area contributed by atoms with E-state index in [0.29, 0.717) is 17.0 Å². The highest BCUT2D eigenvalue weighted by atomic mass is 32.1. The topological polar surface area (TPSA) is 61.9 Å². The van der Waals surface area contributed by atoms with Gasteiger partial charge in [-0.15, -0.1) is 0 Å². The number of nitrogens with zero attached hydrogens (tertiary/aromatic N) is 2. The van der Waals surface area contributed by atoms with E-state index in [9.17, 15) is 9.59 Å². The lowest BCUT2D eigenvalue weighted by atomic mass is 10.0. The molecule has 0 unspecified atom stereocenters. The zero-order valence-electron chi connectivity index (χ0n) is 17.9. The minimum Gasteiger partial charge on any atom is -0.496 e. The van der Waals surface area contributed by atoms with Crippen LogP contribution in [-0.2, 0) is 9.59 Å². The van der Waals surface area contributed by atoms with Crippen molar-refractivity contribution in [3.8, 4) is 5.75 Å². The van der Waals surface area contributed by atoms with Crippen molar-refractivity contribution in [2.75, 3.05) is 30.0 Å². The number of nitrogens with one attached hydrogen (secondary N) is 1. The Morgan fingerprint density at radius 1 is 1.06 bits per heavy atom. The van der Waals surface area contributed by atoms with E-state index in [1.165, 1.54) is 17.7 Å². The van der Waals surface area contributed by atoms with Crippen LogP contribution in [0.1, 0.15) is 29.5 Å². The van der Waals surface area contributed by atoms with Gasteiger partial charge in [0.05, 0.1) is 12.8 Å². The first kappa shape index (κ1) is 21.1. The molecule has 0 bridgehead atoms. The van der Waals surface area contributed by atoms with Crippen LogP contribution < -0.4 is 19.9 Å². The molecule has 160 valence electrons. The summed E-state index contributed by atoms with van der Waals surface area (Å²) in [5.41, 5.74) is 4.40. The third kappa shape index (κ3) is 4.05. The van der Waals surface area contributed by atoms with Gasteiger partial charge in [-0.1, -0.05) is 17.7 Å². The van der Waals surface area contributed by atoms with E-state index < -0.39 is 11.8 Å². The van der Waals surface area contributed by atoms with Crippen molar-refractivity contribution < 1.29 is 14.3 Å². The van der Waals surface area contributed by atoms with Crippen LogP contribution in [0.15, 0.2) is 42.0 Å². The van der Waals surface area contributed by atoms with Gasteiger partial charge in [0.25, 0.3) is 11.8 Å². The SMILES string of the molecule is COc1cc(N2CCCC2)ccc1/C=C1/C(=O)NC(=S)N(c2ccc(C)cc2C)C1=O. The van der Waals surface area contributed by atoms with Crippen molar-refractivity contribution in [1.82, 2.24) is 5.32 Å². The second kappa shape index (κ2) is 8.51. The summed E-state index contributed by atoms with van der Waals surface area (Å²) < 4.78 is 5.57. The predicted molar refractivity (Wildman–Crippen MR) is 127 cm³/mol. The fourth-order valence-corrected chi connectivity index (χ4v) is 4.35. The highest BCUT2D eigenvalue weighted by molar-refractivity contribution is 7.80. The molecular weight excluding hydrogens is 410 g/mol. The van der Waals surface area contributed by atoms with E-state index >= 15 is 0 Å². The monoisotopic (exact) mass is 435 g/mol. The van der Waals surface area contributed by atoms with E-state index in [2.05, 4.69) is 10.2 Å². The van der Waals surface area contributed by atoms with Crippen LogP contribution in [0.5, 0.6) is 5.75 Å². The van der Waals surface area contributed by atoms with Crippen LogP contribution in [0.4, 0.5) is 11.4 Å². The Labute approximate surface area is 187 Å². The van der Waals surface area contributed by atoms with Gasteiger partial charge >= 0.3 is 0 Å². The number of amides is 2. The molecule has 2 aliphatic heterocycles. The molecule has 2 amide bonds. The Morgan fingerprint density at radius 3 is 2.48 bits per heavy atom. The summed E-state index contributed by atoms with van der Waals surface area (Å²) >= 11 is 5.32. The lowest BCUT2D eigenvalue weighted by Crippen LogP contribution is -2.54. The maximum absolute atomic E-state index is 13.3. The lowest BCUT2D eigenvalue weighted by molar-refractivity contribution is -0.122. The van der Waals surface area contributed by atoms with Gasteiger partial charge < -0.3 is 9.64 Å². The molecule has 6 nitrogen and oxygen atoms in total. The van der Waals surface area contributed by atoms with E-state index in [0.717, 1.165) is 29.9 Å². The van der Waals surface area contributed by atoms with Gasteiger partial charge in [0.2, 0.25) is 0 Å². The Bertz CT molecular complexity index is 1100. The zero-order chi connectivity index (χ0) is 22.1. The van der Waals surface area contributed by atoms with Crippen LogP contribution in [0.2, 0.25) is 0 Å². The summed E-state index contributed by atoms with van der Waals surface area (Å²) in [5.74, 6) is -0.350. The van der Waals surface area contributed by atoms with Crippen molar-refractivity contribution in [2.45, 2.75) is 26.7 Å². The largest absolute Gasteiger partial charge is 0.496 e. The van der Waals surface area contributed by atoms with Crippen LogP contribution in [0, 0.1) is 13.8 Å². The molecule has 0 atom stereocenters. The van der Waals surface area contributed by atoms with Crippen molar-refractivity contribution in [2.24, 2.45) is 0 Å². The number of thiocarbonyl (C=S) groups is 1. The van der Waals surface area contributed by atoms with E-state index in [1.807, 2.05) is 50.2 Å². The number of aryl methyl sites for hydroxylation is 2. The first-order valence-electron chi connectivity index (χ1n) is 10.3. The Morgan fingerprint density at radius 2 is 1.81 bits per heavy atom. The van der Waals surface area contributed by atoms with Crippen molar-refractivity contribution in [3.63, 3.8) is 0 Å². The highest BCUT2D eigenvalue weighted by Crippen LogP contribution is 2.31. The van der Waals surface area contributed by atoms with E-state index in [4.69, 9.17) is 17.0 Å². The second-order valence-electron chi connectivity index (χ2n) is 7.87. The summed E-state index contributed by atoms with van der Waals surface area (Å²) in [5, 5.41) is 2.72. The first-order chi connectivity index (χ1) is 14.9. The van der Waals surface area contributed by atoms with Gasteiger partial charge in [-0.2, -0.15) is 0 Å². The number of benzene rings is 2. The Balaban J connectivity index is 1.71. The zero-order valence-corrected chi connectivity index (χ0v) is 18.7. The summed E-state index contributed by atoms with van der Waals surface area (Å²) in [6, 6.07) is 11.6. The van der Waals surface area contributed by atoms with Crippen LogP contribution in [0.25, 0.3) is 6.08 Å². The molecule has 2 aromatic carbocycles. The minimum atomic E-state index is -0.512. The molecular formula is C24H25N3O3S. The number of methoxy groups -OCH3 is 1. The van der Waals surface area contributed by atoms with Gasteiger partial charge in [0.1, 0.15) is 11.3 Å². The standard InChI is InChI=1S/C24H25N3O3S/c1-15-6-9-20(16(2)12-15)27-23(29)19(22(28)25-24(27)31)13-17-7-8-18(14-21(17)30-3)26-10-4-5-11-26/h6-9,12-14H,4-5,10-11H2,1-3H3,(H,25,28,31)/b19-13-. The fraction of sp³-hybridized carbons (Fsp3) is 0.292. The summed E-state index contributed by atoms with van der Waals surface area (Å²) in [6.45, 7) is 5.94. The molecule has 2 fully saturated rings.